The molecule has 9 heteroatoms. The van der Waals surface area contributed by atoms with Gasteiger partial charge in [-0.3, -0.25) is 14.4 Å². The Morgan fingerprint density at radius 2 is 1.59 bits per heavy atom. The summed E-state index contributed by atoms with van der Waals surface area (Å²) in [4.78, 5) is 35.5. The SMILES string of the molecule is CNC(C)C(O)CC(=O)NC(C)C(=O)NC(Cc1ccccc1)C(O)CC(=O)O. The fourth-order valence-electron chi connectivity index (χ4n) is 2.71. The minimum Gasteiger partial charge on any atom is -0.481 e. The highest BCUT2D eigenvalue weighted by Gasteiger charge is 2.27. The Kier molecular flexibility index (Phi) is 10.3. The molecule has 0 spiro atoms. The van der Waals surface area contributed by atoms with Crippen molar-refractivity contribution in [2.24, 2.45) is 0 Å². The largest absolute Gasteiger partial charge is 0.481 e. The van der Waals surface area contributed by atoms with E-state index in [0.717, 1.165) is 5.56 Å². The molecule has 5 atom stereocenters. The third-order valence-corrected chi connectivity index (χ3v) is 4.67. The van der Waals surface area contributed by atoms with E-state index in [1.165, 1.54) is 6.92 Å². The van der Waals surface area contributed by atoms with Crippen molar-refractivity contribution in [2.45, 2.75) is 63.4 Å². The summed E-state index contributed by atoms with van der Waals surface area (Å²) >= 11 is 0. The van der Waals surface area contributed by atoms with Gasteiger partial charge in [0.15, 0.2) is 0 Å². The highest BCUT2D eigenvalue weighted by molar-refractivity contribution is 5.87. The number of carbonyl (C=O) groups is 3. The van der Waals surface area contributed by atoms with E-state index in [9.17, 15) is 24.6 Å². The van der Waals surface area contributed by atoms with Crippen LogP contribution in [0.4, 0.5) is 0 Å². The zero-order valence-electron chi connectivity index (χ0n) is 17.0. The molecule has 0 fully saturated rings. The first-order chi connectivity index (χ1) is 13.6. The summed E-state index contributed by atoms with van der Waals surface area (Å²) in [7, 11) is 1.66. The number of hydrogen-bond acceptors (Lipinski definition) is 6. The van der Waals surface area contributed by atoms with E-state index < -0.39 is 48.5 Å². The number of hydrogen-bond donors (Lipinski definition) is 6. The summed E-state index contributed by atoms with van der Waals surface area (Å²) in [5, 5.41) is 37.0. The molecule has 0 aliphatic carbocycles. The topological polar surface area (TPSA) is 148 Å². The van der Waals surface area contributed by atoms with E-state index in [1.807, 2.05) is 18.2 Å². The van der Waals surface area contributed by atoms with Crippen LogP contribution < -0.4 is 16.0 Å². The standard InChI is InChI=1S/C20H31N3O6/c1-12(21-3)16(24)10-18(26)22-13(2)20(29)23-15(17(25)11-19(27)28)9-14-7-5-4-6-8-14/h4-8,12-13,15-17,21,24-25H,9-11H2,1-3H3,(H,22,26)(H,23,29)(H,27,28). The van der Waals surface area contributed by atoms with Crippen LogP contribution in [-0.4, -0.2) is 70.5 Å². The monoisotopic (exact) mass is 409 g/mol. The highest BCUT2D eigenvalue weighted by Crippen LogP contribution is 2.09. The minimum absolute atomic E-state index is 0.172. The number of benzene rings is 1. The summed E-state index contributed by atoms with van der Waals surface area (Å²) in [6.07, 6.45) is -2.65. The second-order valence-corrected chi connectivity index (χ2v) is 7.11. The van der Waals surface area contributed by atoms with Gasteiger partial charge in [0.2, 0.25) is 11.8 Å². The lowest BCUT2D eigenvalue weighted by atomic mass is 9.99. The van der Waals surface area contributed by atoms with E-state index in [-0.39, 0.29) is 18.9 Å². The fraction of sp³-hybridized carbons (Fsp3) is 0.550. The predicted molar refractivity (Wildman–Crippen MR) is 107 cm³/mol. The molecule has 0 aliphatic rings. The summed E-state index contributed by atoms with van der Waals surface area (Å²) in [6, 6.07) is 7.00. The third kappa shape index (κ3) is 9.03. The van der Waals surface area contributed by atoms with Crippen molar-refractivity contribution in [3.05, 3.63) is 35.9 Å². The lowest BCUT2D eigenvalue weighted by Crippen LogP contribution is -2.53. The number of nitrogens with one attached hydrogen (secondary N) is 3. The Hall–Kier alpha value is -2.49. The average molecular weight is 409 g/mol. The maximum Gasteiger partial charge on any atom is 0.306 e. The maximum atomic E-state index is 12.5. The molecule has 0 saturated heterocycles. The highest BCUT2D eigenvalue weighted by atomic mass is 16.4. The lowest BCUT2D eigenvalue weighted by molar-refractivity contribution is -0.140. The van der Waals surface area contributed by atoms with Gasteiger partial charge < -0.3 is 31.3 Å². The molecule has 1 aromatic carbocycles. The van der Waals surface area contributed by atoms with Crippen molar-refractivity contribution in [2.75, 3.05) is 7.05 Å². The minimum atomic E-state index is -1.29. The Labute approximate surface area is 170 Å². The zero-order chi connectivity index (χ0) is 22.0. The molecule has 9 nitrogen and oxygen atoms in total. The summed E-state index contributed by atoms with van der Waals surface area (Å²) in [6.45, 7) is 3.20. The number of amides is 2. The molecule has 2 amide bonds. The molecule has 0 aromatic heterocycles. The van der Waals surface area contributed by atoms with Gasteiger partial charge in [0.05, 0.1) is 31.1 Å². The number of aliphatic hydroxyl groups excluding tert-OH is 2. The van der Waals surface area contributed by atoms with E-state index in [4.69, 9.17) is 5.11 Å². The van der Waals surface area contributed by atoms with Crippen molar-refractivity contribution < 1.29 is 29.7 Å². The number of carboxylic acids is 1. The number of rotatable bonds is 12. The number of likely N-dealkylation sites (N-methyl/N-ethyl adjacent to an activating group) is 1. The number of carboxylic acid groups (broad SMARTS) is 1. The first kappa shape index (κ1) is 24.5. The summed E-state index contributed by atoms with van der Waals surface area (Å²) in [5.74, 6) is -2.23. The molecule has 1 rings (SSSR count). The van der Waals surface area contributed by atoms with Gasteiger partial charge in [-0.1, -0.05) is 30.3 Å². The van der Waals surface area contributed by atoms with Crippen LogP contribution in [0.3, 0.4) is 0 Å². The molecule has 0 radical (unpaired) electrons. The number of carbonyl (C=O) groups excluding carboxylic acids is 2. The molecule has 1 aromatic rings. The number of aliphatic carboxylic acids is 1. The average Bonchev–Trinajstić information content (AvgIpc) is 2.66. The Balaban J connectivity index is 2.72. The first-order valence-corrected chi connectivity index (χ1v) is 9.52. The molecule has 0 bridgehead atoms. The van der Waals surface area contributed by atoms with Crippen molar-refractivity contribution >= 4 is 17.8 Å². The zero-order valence-corrected chi connectivity index (χ0v) is 17.0. The normalized spacial score (nSPS) is 16.2. The smallest absolute Gasteiger partial charge is 0.306 e. The third-order valence-electron chi connectivity index (χ3n) is 4.67. The summed E-state index contributed by atoms with van der Waals surface area (Å²) < 4.78 is 0. The van der Waals surface area contributed by atoms with Crippen LogP contribution in [0.5, 0.6) is 0 Å². The van der Waals surface area contributed by atoms with Gasteiger partial charge in [0, 0.05) is 6.04 Å². The van der Waals surface area contributed by atoms with Crippen molar-refractivity contribution in [1.82, 2.24) is 16.0 Å². The molecule has 29 heavy (non-hydrogen) atoms. The molecule has 162 valence electrons. The van der Waals surface area contributed by atoms with Crippen LogP contribution >= 0.6 is 0 Å². The van der Waals surface area contributed by atoms with Gasteiger partial charge >= 0.3 is 5.97 Å². The van der Waals surface area contributed by atoms with Crippen molar-refractivity contribution in [3.8, 4) is 0 Å². The van der Waals surface area contributed by atoms with Crippen molar-refractivity contribution in [3.63, 3.8) is 0 Å². The van der Waals surface area contributed by atoms with Gasteiger partial charge in [-0.25, -0.2) is 0 Å². The van der Waals surface area contributed by atoms with Crippen LogP contribution in [0, 0.1) is 0 Å². The van der Waals surface area contributed by atoms with E-state index >= 15 is 0 Å². The van der Waals surface area contributed by atoms with Gasteiger partial charge in [0.1, 0.15) is 6.04 Å². The van der Waals surface area contributed by atoms with E-state index in [1.54, 1.807) is 26.1 Å². The van der Waals surface area contributed by atoms with Gasteiger partial charge in [0.25, 0.3) is 0 Å². The second-order valence-electron chi connectivity index (χ2n) is 7.11. The van der Waals surface area contributed by atoms with Crippen LogP contribution in [0.25, 0.3) is 0 Å². The summed E-state index contributed by atoms with van der Waals surface area (Å²) in [5.41, 5.74) is 0.822. The maximum absolute atomic E-state index is 12.5. The fourth-order valence-corrected chi connectivity index (χ4v) is 2.71. The van der Waals surface area contributed by atoms with E-state index in [0.29, 0.717) is 0 Å². The van der Waals surface area contributed by atoms with Gasteiger partial charge in [-0.15, -0.1) is 0 Å². The molecular formula is C20H31N3O6. The van der Waals surface area contributed by atoms with Crippen LogP contribution in [0.2, 0.25) is 0 Å². The number of aliphatic hydroxyl groups is 2. The lowest BCUT2D eigenvalue weighted by Gasteiger charge is -2.25. The molecule has 0 saturated carbocycles. The Morgan fingerprint density at radius 1 is 0.966 bits per heavy atom. The molecule has 5 unspecified atom stereocenters. The van der Waals surface area contributed by atoms with Crippen LogP contribution in [0.15, 0.2) is 30.3 Å². The Bertz CT molecular complexity index is 669. The quantitative estimate of drug-likeness (QED) is 0.270. The predicted octanol–water partition coefficient (Wildman–Crippen LogP) is -0.587. The Morgan fingerprint density at radius 3 is 2.14 bits per heavy atom. The van der Waals surface area contributed by atoms with Crippen LogP contribution in [0.1, 0.15) is 32.3 Å². The molecule has 0 aliphatic heterocycles. The molecule has 6 N–H and O–H groups in total. The van der Waals surface area contributed by atoms with Gasteiger partial charge in [-0.2, -0.15) is 0 Å². The van der Waals surface area contributed by atoms with Crippen molar-refractivity contribution in [1.29, 1.82) is 0 Å². The second kappa shape index (κ2) is 12.2. The first-order valence-electron chi connectivity index (χ1n) is 9.52. The molecular weight excluding hydrogens is 378 g/mol. The molecule has 0 heterocycles. The van der Waals surface area contributed by atoms with Crippen LogP contribution in [-0.2, 0) is 20.8 Å². The van der Waals surface area contributed by atoms with E-state index in [2.05, 4.69) is 16.0 Å². The van der Waals surface area contributed by atoms with Gasteiger partial charge in [-0.05, 0) is 32.9 Å².